The van der Waals surface area contributed by atoms with Crippen LogP contribution in [0.1, 0.15) is 24.0 Å². The molecular weight excluding hydrogens is 231 g/mol. The van der Waals surface area contributed by atoms with Gasteiger partial charge in [0.05, 0.1) is 12.2 Å². The Hall–Kier alpha value is -1.44. The van der Waals surface area contributed by atoms with Crippen LogP contribution in [0.3, 0.4) is 0 Å². The Labute approximate surface area is 107 Å². The van der Waals surface area contributed by atoms with Crippen molar-refractivity contribution in [2.24, 2.45) is 5.92 Å². The average Bonchev–Trinajstić information content (AvgIpc) is 3.20. The fraction of sp³-hybridized carbons (Fsp3) is 0.500. The van der Waals surface area contributed by atoms with E-state index in [1.165, 1.54) is 18.9 Å². The van der Waals surface area contributed by atoms with Crippen molar-refractivity contribution in [3.63, 3.8) is 0 Å². The predicted octanol–water partition coefficient (Wildman–Crippen LogP) is 2.21. The van der Waals surface area contributed by atoms with Gasteiger partial charge in [0.2, 0.25) is 0 Å². The van der Waals surface area contributed by atoms with Gasteiger partial charge in [-0.05, 0) is 36.5 Å². The van der Waals surface area contributed by atoms with Gasteiger partial charge in [-0.15, -0.1) is 0 Å². The summed E-state index contributed by atoms with van der Waals surface area (Å²) in [6.07, 6.45) is 2.49. The second kappa shape index (κ2) is 5.94. The van der Waals surface area contributed by atoms with Crippen LogP contribution in [0.5, 0.6) is 0 Å². The molecule has 4 heteroatoms. The highest BCUT2D eigenvalue weighted by Crippen LogP contribution is 2.32. The van der Waals surface area contributed by atoms with E-state index in [1.54, 1.807) is 19.2 Å². The summed E-state index contributed by atoms with van der Waals surface area (Å²) in [5, 5.41) is 12.2. The van der Waals surface area contributed by atoms with E-state index in [2.05, 4.69) is 5.32 Å². The monoisotopic (exact) mass is 248 g/mol. The molecule has 0 unspecified atom stereocenters. The minimum absolute atomic E-state index is 0.101. The van der Waals surface area contributed by atoms with E-state index in [1.807, 2.05) is 6.07 Å². The summed E-state index contributed by atoms with van der Waals surface area (Å²) < 4.78 is 18.3. The topological polar surface area (TPSA) is 45.0 Å². The molecule has 0 bridgehead atoms. The highest BCUT2D eigenvalue weighted by atomic mass is 19.1. The van der Waals surface area contributed by atoms with Crippen molar-refractivity contribution < 1.29 is 9.13 Å². The van der Waals surface area contributed by atoms with Crippen LogP contribution in [-0.4, -0.2) is 19.8 Å². The summed E-state index contributed by atoms with van der Waals surface area (Å²) >= 11 is 0. The van der Waals surface area contributed by atoms with E-state index >= 15 is 0 Å². The van der Waals surface area contributed by atoms with Crippen LogP contribution in [0.25, 0.3) is 0 Å². The molecule has 3 nitrogen and oxygen atoms in total. The van der Waals surface area contributed by atoms with E-state index in [0.29, 0.717) is 25.1 Å². The van der Waals surface area contributed by atoms with Crippen molar-refractivity contribution in [3.8, 4) is 6.07 Å². The lowest BCUT2D eigenvalue weighted by Gasteiger charge is -2.17. The molecule has 1 fully saturated rings. The number of halogens is 1. The lowest BCUT2D eigenvalue weighted by atomic mass is 10.1. The Morgan fingerprint density at radius 1 is 1.56 bits per heavy atom. The molecule has 1 saturated carbocycles. The molecule has 0 saturated heterocycles. The summed E-state index contributed by atoms with van der Waals surface area (Å²) in [5.74, 6) is 0.234. The molecule has 0 amide bonds. The van der Waals surface area contributed by atoms with Crippen molar-refractivity contribution in [2.45, 2.75) is 25.4 Å². The zero-order valence-corrected chi connectivity index (χ0v) is 10.4. The smallest absolute Gasteiger partial charge is 0.140 e. The van der Waals surface area contributed by atoms with Gasteiger partial charge in [0, 0.05) is 19.7 Å². The number of methoxy groups -OCH3 is 1. The lowest BCUT2D eigenvalue weighted by molar-refractivity contribution is 0.157. The molecule has 1 atom stereocenters. The van der Waals surface area contributed by atoms with Crippen LogP contribution in [0.2, 0.25) is 0 Å². The Kier molecular flexibility index (Phi) is 4.29. The highest BCUT2D eigenvalue weighted by Gasteiger charge is 2.30. The summed E-state index contributed by atoms with van der Waals surface area (Å²) in [7, 11) is 1.70. The molecule has 1 N–H and O–H groups in total. The van der Waals surface area contributed by atoms with Crippen molar-refractivity contribution in [3.05, 3.63) is 35.1 Å². The second-order valence-corrected chi connectivity index (χ2v) is 4.71. The first-order valence-electron chi connectivity index (χ1n) is 6.15. The third kappa shape index (κ3) is 3.28. The largest absolute Gasteiger partial charge is 0.383 e. The lowest BCUT2D eigenvalue weighted by Crippen LogP contribution is -2.34. The van der Waals surface area contributed by atoms with E-state index < -0.39 is 5.82 Å². The molecule has 1 aromatic carbocycles. The number of hydrogen-bond acceptors (Lipinski definition) is 3. The standard InChI is InChI=1S/C14H17FN2O/c1-18-9-14(11-3-4-11)17-8-10-2-5-13(15)12(6-10)7-16/h2,5-6,11,14,17H,3-4,8-9H2,1H3/t14-/m1/s1. The molecular formula is C14H17FN2O. The fourth-order valence-corrected chi connectivity index (χ4v) is 2.06. The number of benzene rings is 1. The minimum atomic E-state index is -0.461. The fourth-order valence-electron chi connectivity index (χ4n) is 2.06. The van der Waals surface area contributed by atoms with Gasteiger partial charge >= 0.3 is 0 Å². The van der Waals surface area contributed by atoms with Crippen LogP contribution >= 0.6 is 0 Å². The second-order valence-electron chi connectivity index (χ2n) is 4.71. The molecule has 96 valence electrons. The molecule has 1 aliphatic rings. The maximum absolute atomic E-state index is 13.2. The molecule has 0 heterocycles. The molecule has 0 radical (unpaired) electrons. The summed E-state index contributed by atoms with van der Waals surface area (Å²) in [4.78, 5) is 0. The van der Waals surface area contributed by atoms with Crippen LogP contribution in [0.15, 0.2) is 18.2 Å². The van der Waals surface area contributed by atoms with Crippen LogP contribution in [0, 0.1) is 23.1 Å². The van der Waals surface area contributed by atoms with Crippen molar-refractivity contribution in [1.82, 2.24) is 5.32 Å². The Morgan fingerprint density at radius 2 is 2.33 bits per heavy atom. The SMILES string of the molecule is COC[C@@H](NCc1ccc(F)c(C#N)c1)C1CC1. The Morgan fingerprint density at radius 3 is 2.94 bits per heavy atom. The van der Waals surface area contributed by atoms with Gasteiger partial charge in [0.15, 0.2) is 0 Å². The summed E-state index contributed by atoms with van der Waals surface area (Å²) in [6.45, 7) is 1.33. The van der Waals surface area contributed by atoms with Crippen molar-refractivity contribution in [2.75, 3.05) is 13.7 Å². The maximum Gasteiger partial charge on any atom is 0.140 e. The molecule has 2 rings (SSSR count). The Bertz CT molecular complexity index is 452. The normalized spacial score (nSPS) is 16.3. The van der Waals surface area contributed by atoms with Crippen LogP contribution in [0.4, 0.5) is 4.39 Å². The average molecular weight is 248 g/mol. The molecule has 0 aliphatic heterocycles. The minimum Gasteiger partial charge on any atom is -0.383 e. The van der Waals surface area contributed by atoms with Crippen LogP contribution in [-0.2, 0) is 11.3 Å². The van der Waals surface area contributed by atoms with E-state index in [4.69, 9.17) is 10.00 Å². The van der Waals surface area contributed by atoms with Gasteiger partial charge in [-0.1, -0.05) is 6.07 Å². The van der Waals surface area contributed by atoms with Gasteiger partial charge in [0.1, 0.15) is 11.9 Å². The number of nitriles is 1. The van der Waals surface area contributed by atoms with Gasteiger partial charge in [0.25, 0.3) is 0 Å². The zero-order valence-electron chi connectivity index (χ0n) is 10.4. The highest BCUT2D eigenvalue weighted by molar-refractivity contribution is 5.34. The first-order valence-corrected chi connectivity index (χ1v) is 6.15. The number of nitrogens with one attached hydrogen (secondary N) is 1. The molecule has 0 aromatic heterocycles. The van der Waals surface area contributed by atoms with Gasteiger partial charge in [-0.3, -0.25) is 0 Å². The van der Waals surface area contributed by atoms with E-state index in [0.717, 1.165) is 5.56 Å². The third-order valence-corrected chi connectivity index (χ3v) is 3.26. The maximum atomic E-state index is 13.2. The first-order chi connectivity index (χ1) is 8.74. The first kappa shape index (κ1) is 13.0. The quantitative estimate of drug-likeness (QED) is 0.839. The zero-order chi connectivity index (χ0) is 13.0. The number of rotatable bonds is 6. The number of nitrogens with zero attached hydrogens (tertiary/aromatic N) is 1. The van der Waals surface area contributed by atoms with Crippen molar-refractivity contribution >= 4 is 0 Å². The van der Waals surface area contributed by atoms with Gasteiger partial charge in [-0.2, -0.15) is 5.26 Å². The van der Waals surface area contributed by atoms with Crippen molar-refractivity contribution in [1.29, 1.82) is 5.26 Å². The number of hydrogen-bond donors (Lipinski definition) is 1. The molecule has 1 aliphatic carbocycles. The molecule has 18 heavy (non-hydrogen) atoms. The third-order valence-electron chi connectivity index (χ3n) is 3.26. The molecule has 1 aromatic rings. The Balaban J connectivity index is 1.94. The predicted molar refractivity (Wildman–Crippen MR) is 66.3 cm³/mol. The van der Waals surface area contributed by atoms with Gasteiger partial charge < -0.3 is 10.1 Å². The number of ether oxygens (including phenoxy) is 1. The van der Waals surface area contributed by atoms with Crippen LogP contribution < -0.4 is 5.32 Å². The summed E-state index contributed by atoms with van der Waals surface area (Å²) in [5.41, 5.74) is 1.03. The van der Waals surface area contributed by atoms with E-state index in [-0.39, 0.29) is 5.56 Å². The summed E-state index contributed by atoms with van der Waals surface area (Å²) in [6, 6.07) is 6.86. The van der Waals surface area contributed by atoms with Gasteiger partial charge in [-0.25, -0.2) is 4.39 Å². The molecule has 0 spiro atoms. The van der Waals surface area contributed by atoms with E-state index in [9.17, 15) is 4.39 Å².